The Morgan fingerprint density at radius 2 is 1.84 bits per heavy atom. The minimum atomic E-state index is -2.87. The maximum Gasteiger partial charge on any atom is 0.329 e. The standard InChI is InChI=1S/C43H53F2N11O6/c1-51-38-27(4-2-6-33(38)56(43(51)61)34-11-12-36(58)49-42(34)60)5-3-21-62-30-14-17-52(18-15-30)23-26-7-9-28(10-8-26)55-25-32(37(50-55)39(44)45)47-41(59)31-22-46-54-20-16-35(48-40(31)54)53-19-13-29(57)24-53/h2,4,6,16,20,22,25-26,28-30,34,39,57H,3,5,7-15,17-19,21,23-24H2,1H3,(H,47,59)(H,49,58,60)/t26-,28-,29-,34?/m0/s1. The number of amides is 3. The van der Waals surface area contributed by atoms with Crippen molar-refractivity contribution in [3.8, 4) is 0 Å². The molecule has 4 aromatic heterocycles. The summed E-state index contributed by atoms with van der Waals surface area (Å²) in [5.41, 5.74) is 2.19. The Labute approximate surface area is 356 Å². The molecule has 3 saturated heterocycles. The molecule has 7 heterocycles. The van der Waals surface area contributed by atoms with E-state index in [1.807, 2.05) is 23.1 Å². The summed E-state index contributed by atoms with van der Waals surface area (Å²) in [5.74, 6) is -0.264. The fraction of sp³-hybridized carbons (Fsp3) is 0.558. The van der Waals surface area contributed by atoms with Crippen molar-refractivity contribution in [3.63, 3.8) is 0 Å². The molecule has 17 nitrogen and oxygen atoms in total. The molecule has 4 fully saturated rings. The summed E-state index contributed by atoms with van der Waals surface area (Å²) >= 11 is 0. The first kappa shape index (κ1) is 41.8. The van der Waals surface area contributed by atoms with Crippen LogP contribution in [0.4, 0.5) is 20.3 Å². The van der Waals surface area contributed by atoms with Crippen molar-refractivity contribution in [2.75, 3.05) is 49.5 Å². The minimum absolute atomic E-state index is 0.0265. The Bertz CT molecular complexity index is 2520. The highest BCUT2D eigenvalue weighted by Crippen LogP contribution is 2.36. The lowest BCUT2D eigenvalue weighted by Crippen LogP contribution is -2.44. The average molecular weight is 858 g/mol. The Hall–Kier alpha value is -5.53. The summed E-state index contributed by atoms with van der Waals surface area (Å²) in [6.07, 6.45) is 9.47. The Kier molecular flexibility index (Phi) is 11.9. The van der Waals surface area contributed by atoms with Crippen LogP contribution in [-0.4, -0.2) is 113 Å². The zero-order valence-electron chi connectivity index (χ0n) is 34.8. The lowest BCUT2D eigenvalue weighted by molar-refractivity contribution is -0.135. The van der Waals surface area contributed by atoms with Gasteiger partial charge in [0.2, 0.25) is 11.8 Å². The Balaban J connectivity index is 0.729. The molecule has 3 amide bonds. The van der Waals surface area contributed by atoms with Crippen molar-refractivity contribution in [3.05, 3.63) is 70.2 Å². The molecule has 0 radical (unpaired) electrons. The highest BCUT2D eigenvalue weighted by Gasteiger charge is 2.33. The van der Waals surface area contributed by atoms with Crippen LogP contribution in [0.15, 0.2) is 47.7 Å². The van der Waals surface area contributed by atoms with Crippen LogP contribution in [0.25, 0.3) is 16.7 Å². The maximum atomic E-state index is 14.2. The van der Waals surface area contributed by atoms with Gasteiger partial charge in [-0.3, -0.25) is 33.5 Å². The molecule has 5 aromatic rings. The van der Waals surface area contributed by atoms with Crippen LogP contribution in [0.1, 0.15) is 104 Å². The second-order valence-corrected chi connectivity index (χ2v) is 17.3. The smallest absolute Gasteiger partial charge is 0.329 e. The number of likely N-dealkylation sites (tertiary alicyclic amines) is 1. The minimum Gasteiger partial charge on any atom is -0.391 e. The van der Waals surface area contributed by atoms with E-state index in [9.17, 15) is 33.1 Å². The maximum absolute atomic E-state index is 14.2. The number of para-hydroxylation sites is 1. The number of aromatic nitrogens is 7. The quantitative estimate of drug-likeness (QED) is 0.114. The molecule has 1 aromatic carbocycles. The lowest BCUT2D eigenvalue weighted by atomic mass is 9.85. The number of hydrogen-bond donors (Lipinski definition) is 3. The fourth-order valence-corrected chi connectivity index (χ4v) is 9.86. The molecule has 1 unspecified atom stereocenters. The summed E-state index contributed by atoms with van der Waals surface area (Å²) in [7, 11) is 1.72. The topological polar surface area (TPSA) is 186 Å². The summed E-state index contributed by atoms with van der Waals surface area (Å²) in [6.45, 7) is 4.56. The largest absolute Gasteiger partial charge is 0.391 e. The van der Waals surface area contributed by atoms with E-state index < -0.39 is 36.1 Å². The number of aryl methyl sites for hydroxylation is 2. The number of fused-ring (bicyclic) bond motifs is 2. The molecule has 4 aliphatic rings. The molecular formula is C43H53F2N11O6. The molecule has 330 valence electrons. The number of alkyl halides is 2. The second kappa shape index (κ2) is 17.7. The van der Waals surface area contributed by atoms with Gasteiger partial charge in [-0.15, -0.1) is 0 Å². The van der Waals surface area contributed by atoms with E-state index in [2.05, 4.69) is 30.7 Å². The number of nitrogens with one attached hydrogen (secondary N) is 2. The number of anilines is 2. The summed E-state index contributed by atoms with van der Waals surface area (Å²) in [6, 6.07) is 6.77. The molecule has 0 spiro atoms. The van der Waals surface area contributed by atoms with Gasteiger partial charge in [0.15, 0.2) is 11.3 Å². The van der Waals surface area contributed by atoms with Gasteiger partial charge in [0.1, 0.15) is 17.4 Å². The third-order valence-electron chi connectivity index (χ3n) is 13.2. The number of carbonyl (C=O) groups excluding carboxylic acids is 3. The van der Waals surface area contributed by atoms with Gasteiger partial charge in [-0.05, 0) is 87.8 Å². The monoisotopic (exact) mass is 857 g/mol. The number of aliphatic hydroxyl groups excluding tert-OH is 1. The van der Waals surface area contributed by atoms with Gasteiger partial charge in [0, 0.05) is 65.2 Å². The number of piperidine rings is 2. The van der Waals surface area contributed by atoms with E-state index in [1.54, 1.807) is 28.6 Å². The zero-order chi connectivity index (χ0) is 43.1. The number of imidazole rings is 1. The molecular weight excluding hydrogens is 805 g/mol. The first-order chi connectivity index (χ1) is 30.0. The lowest BCUT2D eigenvalue weighted by Gasteiger charge is -2.36. The van der Waals surface area contributed by atoms with E-state index >= 15 is 0 Å². The predicted octanol–water partition coefficient (Wildman–Crippen LogP) is 4.16. The second-order valence-electron chi connectivity index (χ2n) is 17.3. The number of ether oxygens (including phenoxy) is 1. The number of halogens is 2. The molecule has 3 aliphatic heterocycles. The molecule has 1 aliphatic carbocycles. The first-order valence-electron chi connectivity index (χ1n) is 21.8. The highest BCUT2D eigenvalue weighted by molar-refractivity contribution is 6.08. The SMILES string of the molecule is Cn1c(=O)n(C2CCC(=O)NC2=O)c2cccc(CCCOC3CCN(C[C@H]4CC[C@H](n5cc(NC(=O)c6cnn7ccc(N8CC[C@H](O)C8)nc67)c(C(F)F)n5)CC4)CC3)c21. The zero-order valence-corrected chi connectivity index (χ0v) is 34.8. The van der Waals surface area contributed by atoms with Gasteiger partial charge in [0.25, 0.3) is 12.3 Å². The summed E-state index contributed by atoms with van der Waals surface area (Å²) in [5, 5.41) is 23.5. The summed E-state index contributed by atoms with van der Waals surface area (Å²) < 4.78 is 41.0. The molecule has 3 N–H and O–H groups in total. The number of benzene rings is 1. The van der Waals surface area contributed by atoms with Crippen LogP contribution in [0.2, 0.25) is 0 Å². The third-order valence-corrected chi connectivity index (χ3v) is 13.2. The number of hydrogen-bond acceptors (Lipinski definition) is 11. The average Bonchev–Trinajstić information content (AvgIpc) is 4.06. The van der Waals surface area contributed by atoms with Gasteiger partial charge >= 0.3 is 5.69 Å². The molecule has 1 saturated carbocycles. The van der Waals surface area contributed by atoms with Crippen LogP contribution in [0.3, 0.4) is 0 Å². The number of carbonyl (C=O) groups is 3. The Morgan fingerprint density at radius 3 is 2.58 bits per heavy atom. The van der Waals surface area contributed by atoms with Crippen molar-refractivity contribution in [2.24, 2.45) is 13.0 Å². The molecule has 0 bridgehead atoms. The van der Waals surface area contributed by atoms with E-state index in [-0.39, 0.29) is 41.4 Å². The number of imide groups is 1. The van der Waals surface area contributed by atoms with Gasteiger partial charge in [-0.25, -0.2) is 23.1 Å². The van der Waals surface area contributed by atoms with Gasteiger partial charge in [0.05, 0.1) is 41.2 Å². The van der Waals surface area contributed by atoms with Crippen LogP contribution in [-0.2, 0) is 27.8 Å². The number of β-amino-alcohol motifs (C(OH)–C–C–N with tert-alkyl or cyclic N) is 1. The van der Waals surface area contributed by atoms with E-state index in [1.165, 1.54) is 21.5 Å². The summed E-state index contributed by atoms with van der Waals surface area (Å²) in [4.78, 5) is 60.1. The molecule has 9 rings (SSSR count). The predicted molar refractivity (Wildman–Crippen MR) is 224 cm³/mol. The van der Waals surface area contributed by atoms with E-state index in [4.69, 9.17) is 4.74 Å². The van der Waals surface area contributed by atoms with Gasteiger partial charge in [-0.1, -0.05) is 12.1 Å². The molecule has 2 atom stereocenters. The number of aliphatic hydroxyl groups is 1. The van der Waals surface area contributed by atoms with Crippen LogP contribution >= 0.6 is 0 Å². The van der Waals surface area contributed by atoms with E-state index in [0.29, 0.717) is 55.4 Å². The highest BCUT2D eigenvalue weighted by atomic mass is 19.3. The van der Waals surface area contributed by atoms with Crippen LogP contribution in [0, 0.1) is 5.92 Å². The van der Waals surface area contributed by atoms with Crippen molar-refractivity contribution in [2.45, 2.75) is 101 Å². The van der Waals surface area contributed by atoms with Gasteiger partial charge in [-0.2, -0.15) is 10.2 Å². The van der Waals surface area contributed by atoms with Crippen LogP contribution < -0.4 is 21.2 Å². The fourth-order valence-electron chi connectivity index (χ4n) is 9.86. The van der Waals surface area contributed by atoms with Crippen molar-refractivity contribution in [1.82, 2.24) is 43.7 Å². The molecule has 62 heavy (non-hydrogen) atoms. The number of nitrogens with zero attached hydrogens (tertiary/aromatic N) is 9. The van der Waals surface area contributed by atoms with Crippen molar-refractivity contribution >= 4 is 45.9 Å². The molecule has 19 heteroatoms. The Morgan fingerprint density at radius 1 is 1.03 bits per heavy atom. The van der Waals surface area contributed by atoms with Gasteiger partial charge < -0.3 is 25.0 Å². The van der Waals surface area contributed by atoms with E-state index in [0.717, 1.165) is 82.1 Å². The van der Waals surface area contributed by atoms with Crippen molar-refractivity contribution in [1.29, 1.82) is 0 Å². The van der Waals surface area contributed by atoms with Crippen molar-refractivity contribution < 1.29 is 33.0 Å². The third kappa shape index (κ3) is 8.49. The number of rotatable bonds is 13. The normalized spacial score (nSPS) is 23.0. The van der Waals surface area contributed by atoms with Crippen LogP contribution in [0.5, 0.6) is 0 Å². The first-order valence-corrected chi connectivity index (χ1v) is 21.8.